The van der Waals surface area contributed by atoms with Crippen LogP contribution in [0.3, 0.4) is 0 Å². The highest BCUT2D eigenvalue weighted by atomic mass is 32.1. The van der Waals surface area contributed by atoms with Gasteiger partial charge < -0.3 is 14.4 Å². The fourth-order valence-corrected chi connectivity index (χ4v) is 4.66. The highest BCUT2D eigenvalue weighted by Gasteiger charge is 2.30. The van der Waals surface area contributed by atoms with E-state index in [0.717, 1.165) is 41.2 Å². The molecule has 0 unspecified atom stereocenters. The van der Waals surface area contributed by atoms with Gasteiger partial charge in [-0.1, -0.05) is 36.4 Å². The van der Waals surface area contributed by atoms with Gasteiger partial charge in [-0.25, -0.2) is 4.98 Å². The first-order valence-corrected chi connectivity index (χ1v) is 10.6. The van der Waals surface area contributed by atoms with Crippen molar-refractivity contribution < 1.29 is 14.3 Å². The number of methoxy groups -OCH3 is 2. The summed E-state index contributed by atoms with van der Waals surface area (Å²) in [6.07, 6.45) is 2.28. The molecule has 1 atom stereocenters. The Kier molecular flexibility index (Phi) is 5.81. The van der Waals surface area contributed by atoms with Crippen molar-refractivity contribution in [1.29, 1.82) is 0 Å². The lowest BCUT2D eigenvalue weighted by atomic mass is 10.0. The molecule has 150 valence electrons. The molecule has 1 aliphatic rings. The average molecular weight is 409 g/mol. The van der Waals surface area contributed by atoms with Crippen LogP contribution in [-0.4, -0.2) is 36.6 Å². The highest BCUT2D eigenvalue weighted by molar-refractivity contribution is 7.13. The molecule has 4 rings (SSSR count). The normalized spacial score (nSPS) is 16.1. The maximum absolute atomic E-state index is 13.1. The molecule has 0 spiro atoms. The molecule has 1 aromatic heterocycles. The fourth-order valence-electron chi connectivity index (χ4n) is 3.83. The van der Waals surface area contributed by atoms with Gasteiger partial charge in [0, 0.05) is 17.5 Å². The summed E-state index contributed by atoms with van der Waals surface area (Å²) in [6, 6.07) is 16.0. The Morgan fingerprint density at radius 3 is 2.69 bits per heavy atom. The zero-order valence-electron chi connectivity index (χ0n) is 16.6. The van der Waals surface area contributed by atoms with Gasteiger partial charge in [-0.15, -0.1) is 11.3 Å². The number of ether oxygens (including phenoxy) is 2. The summed E-state index contributed by atoms with van der Waals surface area (Å²) in [5, 5.41) is 2.94. The maximum atomic E-state index is 13.1. The third-order valence-corrected chi connectivity index (χ3v) is 6.21. The van der Waals surface area contributed by atoms with Gasteiger partial charge in [-0.3, -0.25) is 4.79 Å². The van der Waals surface area contributed by atoms with Gasteiger partial charge in [-0.2, -0.15) is 0 Å². The van der Waals surface area contributed by atoms with Crippen LogP contribution in [0.1, 0.15) is 30.1 Å². The molecular weight excluding hydrogens is 384 g/mol. The van der Waals surface area contributed by atoms with Crippen LogP contribution in [0.15, 0.2) is 53.9 Å². The van der Waals surface area contributed by atoms with Crippen molar-refractivity contribution in [3.05, 3.63) is 65.2 Å². The molecule has 5 nitrogen and oxygen atoms in total. The standard InChI is InChI=1S/C23H24N2O3S/c1-27-20-11-10-17(13-21(20)28-2)19-9-6-12-25(19)22(26)14-18-15-29-23(24-18)16-7-4-3-5-8-16/h3-5,7-8,10-11,13,15,19H,6,9,12,14H2,1-2H3/t19-/m1/s1. The highest BCUT2D eigenvalue weighted by Crippen LogP contribution is 2.37. The van der Waals surface area contributed by atoms with Crippen molar-refractivity contribution in [2.75, 3.05) is 20.8 Å². The lowest BCUT2D eigenvalue weighted by molar-refractivity contribution is -0.131. The monoisotopic (exact) mass is 408 g/mol. The summed E-state index contributed by atoms with van der Waals surface area (Å²) in [4.78, 5) is 19.7. The van der Waals surface area contributed by atoms with Gasteiger partial charge in [0.1, 0.15) is 5.01 Å². The smallest absolute Gasteiger partial charge is 0.229 e. The van der Waals surface area contributed by atoms with Crippen LogP contribution in [0.25, 0.3) is 10.6 Å². The van der Waals surface area contributed by atoms with Crippen molar-refractivity contribution in [3.63, 3.8) is 0 Å². The van der Waals surface area contributed by atoms with Crippen molar-refractivity contribution in [2.45, 2.75) is 25.3 Å². The average Bonchev–Trinajstić information content (AvgIpc) is 3.43. The van der Waals surface area contributed by atoms with E-state index >= 15 is 0 Å². The number of thiazole rings is 1. The number of benzene rings is 2. The van der Waals surface area contributed by atoms with Crippen LogP contribution in [0, 0.1) is 0 Å². The zero-order chi connectivity index (χ0) is 20.2. The molecule has 1 fully saturated rings. The Labute approximate surface area is 174 Å². The number of hydrogen-bond acceptors (Lipinski definition) is 5. The summed E-state index contributed by atoms with van der Waals surface area (Å²) in [7, 11) is 3.26. The minimum atomic E-state index is 0.0644. The number of carbonyl (C=O) groups excluding carboxylic acids is 1. The van der Waals surface area contributed by atoms with Crippen LogP contribution >= 0.6 is 11.3 Å². The van der Waals surface area contributed by atoms with Gasteiger partial charge >= 0.3 is 0 Å². The first-order chi connectivity index (χ1) is 14.2. The first kappa shape index (κ1) is 19.5. The van der Waals surface area contributed by atoms with E-state index in [1.165, 1.54) is 0 Å². The summed E-state index contributed by atoms with van der Waals surface area (Å²) in [5.74, 6) is 1.51. The predicted octanol–water partition coefficient (Wildman–Crippen LogP) is 4.73. The Morgan fingerprint density at radius 2 is 1.93 bits per heavy atom. The molecule has 2 heterocycles. The van der Waals surface area contributed by atoms with Gasteiger partial charge in [0.05, 0.1) is 32.4 Å². The Bertz CT molecular complexity index is 987. The van der Waals surface area contributed by atoms with Crippen molar-refractivity contribution in [1.82, 2.24) is 9.88 Å². The molecule has 0 bridgehead atoms. The molecule has 0 aliphatic carbocycles. The second-order valence-corrected chi connectivity index (χ2v) is 7.90. The number of hydrogen-bond donors (Lipinski definition) is 0. The second kappa shape index (κ2) is 8.66. The molecule has 1 amide bonds. The zero-order valence-corrected chi connectivity index (χ0v) is 17.4. The van der Waals surface area contributed by atoms with Crippen molar-refractivity contribution in [3.8, 4) is 22.1 Å². The van der Waals surface area contributed by atoms with Crippen LogP contribution in [-0.2, 0) is 11.2 Å². The number of rotatable bonds is 6. The number of amides is 1. The molecule has 3 aromatic rings. The first-order valence-electron chi connectivity index (χ1n) is 9.71. The van der Waals surface area contributed by atoms with Crippen LogP contribution in [0.4, 0.5) is 0 Å². The summed E-state index contributed by atoms with van der Waals surface area (Å²) in [5.41, 5.74) is 2.99. The lowest BCUT2D eigenvalue weighted by Gasteiger charge is -2.25. The van der Waals surface area contributed by atoms with E-state index < -0.39 is 0 Å². The molecule has 0 N–H and O–H groups in total. The molecule has 0 radical (unpaired) electrons. The van der Waals surface area contributed by atoms with Crippen LogP contribution in [0.2, 0.25) is 0 Å². The van der Waals surface area contributed by atoms with E-state index in [1.807, 2.05) is 58.8 Å². The van der Waals surface area contributed by atoms with Crippen molar-refractivity contribution >= 4 is 17.2 Å². The Balaban J connectivity index is 1.49. The molecular formula is C23H24N2O3S. The summed E-state index contributed by atoms with van der Waals surface area (Å²) in [6.45, 7) is 0.771. The summed E-state index contributed by atoms with van der Waals surface area (Å²) < 4.78 is 10.8. The second-order valence-electron chi connectivity index (χ2n) is 7.05. The van der Waals surface area contributed by atoms with E-state index in [-0.39, 0.29) is 11.9 Å². The largest absolute Gasteiger partial charge is 0.493 e. The molecule has 1 saturated heterocycles. The minimum Gasteiger partial charge on any atom is -0.493 e. The molecule has 1 aliphatic heterocycles. The lowest BCUT2D eigenvalue weighted by Crippen LogP contribution is -2.31. The van der Waals surface area contributed by atoms with E-state index in [9.17, 15) is 4.79 Å². The molecule has 2 aromatic carbocycles. The quantitative estimate of drug-likeness (QED) is 0.591. The number of likely N-dealkylation sites (tertiary alicyclic amines) is 1. The van der Waals surface area contributed by atoms with Crippen LogP contribution < -0.4 is 9.47 Å². The van der Waals surface area contributed by atoms with Gasteiger partial charge in [0.25, 0.3) is 0 Å². The van der Waals surface area contributed by atoms with Gasteiger partial charge in [0.15, 0.2) is 11.5 Å². The molecule has 6 heteroatoms. The molecule has 0 saturated carbocycles. The van der Waals surface area contributed by atoms with Crippen LogP contribution in [0.5, 0.6) is 11.5 Å². The van der Waals surface area contributed by atoms with E-state index in [1.54, 1.807) is 25.6 Å². The third kappa shape index (κ3) is 4.12. The van der Waals surface area contributed by atoms with E-state index in [2.05, 4.69) is 4.98 Å². The Hall–Kier alpha value is -2.86. The van der Waals surface area contributed by atoms with Gasteiger partial charge in [0.2, 0.25) is 5.91 Å². The van der Waals surface area contributed by atoms with E-state index in [0.29, 0.717) is 17.9 Å². The fraction of sp³-hybridized carbons (Fsp3) is 0.304. The number of carbonyl (C=O) groups is 1. The SMILES string of the molecule is COc1ccc([C@H]2CCCN2C(=O)Cc2csc(-c3ccccc3)n2)cc1OC. The third-order valence-electron chi connectivity index (χ3n) is 5.27. The number of aromatic nitrogens is 1. The Morgan fingerprint density at radius 1 is 1.14 bits per heavy atom. The van der Waals surface area contributed by atoms with Crippen molar-refractivity contribution in [2.24, 2.45) is 0 Å². The van der Waals surface area contributed by atoms with Gasteiger partial charge in [-0.05, 0) is 30.5 Å². The maximum Gasteiger partial charge on any atom is 0.229 e. The summed E-state index contributed by atoms with van der Waals surface area (Å²) >= 11 is 1.58. The topological polar surface area (TPSA) is 51.7 Å². The predicted molar refractivity (Wildman–Crippen MR) is 114 cm³/mol. The minimum absolute atomic E-state index is 0.0644. The van der Waals surface area contributed by atoms with E-state index in [4.69, 9.17) is 9.47 Å². The molecule has 29 heavy (non-hydrogen) atoms. The number of nitrogens with zero attached hydrogens (tertiary/aromatic N) is 2.